The van der Waals surface area contributed by atoms with Crippen molar-refractivity contribution >= 4 is 31.8 Å². The Balaban J connectivity index is 1.93. The summed E-state index contributed by atoms with van der Waals surface area (Å²) in [7, 11) is -3.63. The van der Waals surface area contributed by atoms with Gasteiger partial charge in [-0.25, -0.2) is 8.42 Å². The molecule has 1 heterocycles. The summed E-state index contributed by atoms with van der Waals surface area (Å²) in [5.41, 5.74) is 8.00. The standard InChI is InChI=1S/C16H14BrN3O2S/c17-14-8-6-12(7-9-14)11-23(21,22)20-10-15(16(18)19-20)13-4-2-1-3-5-13/h1-10H,11H2,(H2,18,19). The highest BCUT2D eigenvalue weighted by molar-refractivity contribution is 9.10. The van der Waals surface area contributed by atoms with Crippen LogP contribution in [-0.2, 0) is 15.8 Å². The predicted octanol–water partition coefficient (Wildman–Crippen LogP) is 3.27. The topological polar surface area (TPSA) is 78.0 Å². The van der Waals surface area contributed by atoms with E-state index in [1.54, 1.807) is 24.3 Å². The van der Waals surface area contributed by atoms with Gasteiger partial charge in [0.05, 0.1) is 11.9 Å². The number of anilines is 1. The minimum Gasteiger partial charge on any atom is -0.382 e. The summed E-state index contributed by atoms with van der Waals surface area (Å²) in [6.07, 6.45) is 1.46. The molecule has 0 amide bonds. The van der Waals surface area contributed by atoms with Crippen LogP contribution < -0.4 is 5.73 Å². The molecule has 118 valence electrons. The molecule has 0 bridgehead atoms. The van der Waals surface area contributed by atoms with E-state index in [1.807, 2.05) is 30.3 Å². The molecule has 0 atom stereocenters. The van der Waals surface area contributed by atoms with E-state index in [9.17, 15) is 8.42 Å². The molecule has 0 unspecified atom stereocenters. The molecule has 2 N–H and O–H groups in total. The fourth-order valence-corrected chi connectivity index (χ4v) is 3.69. The maximum Gasteiger partial charge on any atom is 0.258 e. The maximum absolute atomic E-state index is 12.5. The van der Waals surface area contributed by atoms with Crippen molar-refractivity contribution in [3.8, 4) is 11.1 Å². The van der Waals surface area contributed by atoms with Crippen molar-refractivity contribution in [2.75, 3.05) is 5.73 Å². The van der Waals surface area contributed by atoms with Gasteiger partial charge in [0, 0.05) is 10.0 Å². The van der Waals surface area contributed by atoms with Crippen molar-refractivity contribution in [2.45, 2.75) is 5.75 Å². The highest BCUT2D eigenvalue weighted by Gasteiger charge is 2.19. The minimum atomic E-state index is -3.63. The molecule has 0 spiro atoms. The predicted molar refractivity (Wildman–Crippen MR) is 94.2 cm³/mol. The van der Waals surface area contributed by atoms with Gasteiger partial charge in [-0.15, -0.1) is 5.10 Å². The molecule has 0 aliphatic carbocycles. The van der Waals surface area contributed by atoms with Crippen molar-refractivity contribution in [3.63, 3.8) is 0 Å². The number of rotatable bonds is 4. The zero-order chi connectivity index (χ0) is 16.4. The molecule has 0 radical (unpaired) electrons. The van der Waals surface area contributed by atoms with E-state index in [1.165, 1.54) is 6.20 Å². The lowest BCUT2D eigenvalue weighted by Gasteiger charge is -2.04. The van der Waals surface area contributed by atoms with Crippen molar-refractivity contribution in [1.82, 2.24) is 9.19 Å². The van der Waals surface area contributed by atoms with Gasteiger partial charge in [0.15, 0.2) is 5.82 Å². The van der Waals surface area contributed by atoms with Gasteiger partial charge in [0.2, 0.25) is 0 Å². The average Bonchev–Trinajstić information content (AvgIpc) is 2.93. The number of aromatic nitrogens is 2. The lowest BCUT2D eigenvalue weighted by atomic mass is 10.1. The van der Waals surface area contributed by atoms with Gasteiger partial charge >= 0.3 is 0 Å². The van der Waals surface area contributed by atoms with Crippen LogP contribution in [0.4, 0.5) is 5.82 Å². The summed E-state index contributed by atoms with van der Waals surface area (Å²) >= 11 is 3.33. The summed E-state index contributed by atoms with van der Waals surface area (Å²) in [4.78, 5) is 0. The molecule has 3 rings (SSSR count). The van der Waals surface area contributed by atoms with E-state index in [4.69, 9.17) is 5.73 Å². The second-order valence-corrected chi connectivity index (χ2v) is 7.79. The fourth-order valence-electron chi connectivity index (χ4n) is 2.21. The van der Waals surface area contributed by atoms with Crippen molar-refractivity contribution in [3.05, 3.63) is 70.8 Å². The molecule has 5 nitrogen and oxygen atoms in total. The first-order valence-electron chi connectivity index (χ1n) is 6.84. The molecule has 0 fully saturated rings. The van der Waals surface area contributed by atoms with Crippen LogP contribution in [0.3, 0.4) is 0 Å². The monoisotopic (exact) mass is 391 g/mol. The molecule has 0 aliphatic heterocycles. The zero-order valence-corrected chi connectivity index (χ0v) is 14.5. The Kier molecular flexibility index (Phi) is 4.23. The number of nitrogen functional groups attached to an aromatic ring is 1. The number of benzene rings is 2. The summed E-state index contributed by atoms with van der Waals surface area (Å²) in [5.74, 6) is 0.0471. The third-order valence-electron chi connectivity index (χ3n) is 3.35. The van der Waals surface area contributed by atoms with E-state index in [2.05, 4.69) is 21.0 Å². The molecular weight excluding hydrogens is 378 g/mol. The molecule has 7 heteroatoms. The summed E-state index contributed by atoms with van der Waals surface area (Å²) in [5, 5.41) is 3.97. The number of nitrogens with zero attached hydrogens (tertiary/aromatic N) is 2. The average molecular weight is 392 g/mol. The highest BCUT2D eigenvalue weighted by Crippen LogP contribution is 2.25. The molecule has 3 aromatic rings. The van der Waals surface area contributed by atoms with Crippen LogP contribution in [0.5, 0.6) is 0 Å². The molecule has 23 heavy (non-hydrogen) atoms. The van der Waals surface area contributed by atoms with Crippen LogP contribution in [0.2, 0.25) is 0 Å². The van der Waals surface area contributed by atoms with Gasteiger partial charge in [0.25, 0.3) is 10.0 Å². The molecule has 1 aromatic heterocycles. The highest BCUT2D eigenvalue weighted by atomic mass is 79.9. The Bertz CT molecular complexity index is 920. The fraction of sp³-hybridized carbons (Fsp3) is 0.0625. The summed E-state index contributed by atoms with van der Waals surface area (Å²) < 4.78 is 26.9. The second-order valence-electron chi connectivity index (χ2n) is 5.05. The summed E-state index contributed by atoms with van der Waals surface area (Å²) in [6, 6.07) is 16.5. The van der Waals surface area contributed by atoms with Gasteiger partial charge in [-0.2, -0.15) is 4.09 Å². The third-order valence-corrected chi connectivity index (χ3v) is 5.34. The van der Waals surface area contributed by atoms with E-state index < -0.39 is 10.0 Å². The number of hydrogen-bond acceptors (Lipinski definition) is 4. The minimum absolute atomic E-state index is 0.143. The first-order valence-corrected chi connectivity index (χ1v) is 9.24. The first kappa shape index (κ1) is 15.8. The molecule has 2 aromatic carbocycles. The Hall–Kier alpha value is -2.12. The molecule has 0 saturated heterocycles. The van der Waals surface area contributed by atoms with Crippen molar-refractivity contribution in [1.29, 1.82) is 0 Å². The van der Waals surface area contributed by atoms with Crippen LogP contribution >= 0.6 is 15.9 Å². The number of hydrogen-bond donors (Lipinski definition) is 1. The van der Waals surface area contributed by atoms with E-state index in [-0.39, 0.29) is 11.6 Å². The van der Waals surface area contributed by atoms with E-state index >= 15 is 0 Å². The molecular formula is C16H14BrN3O2S. The number of nitrogens with two attached hydrogens (primary N) is 1. The summed E-state index contributed by atoms with van der Waals surface area (Å²) in [6.45, 7) is 0. The maximum atomic E-state index is 12.5. The number of halogens is 1. The quantitative estimate of drug-likeness (QED) is 0.739. The smallest absolute Gasteiger partial charge is 0.258 e. The van der Waals surface area contributed by atoms with Crippen LogP contribution in [0.15, 0.2) is 65.3 Å². The normalized spacial score (nSPS) is 11.5. The van der Waals surface area contributed by atoms with Gasteiger partial charge in [-0.1, -0.05) is 58.4 Å². The Morgan fingerprint density at radius 2 is 1.70 bits per heavy atom. The van der Waals surface area contributed by atoms with Crippen LogP contribution in [0.25, 0.3) is 11.1 Å². The van der Waals surface area contributed by atoms with E-state index in [0.29, 0.717) is 11.1 Å². The van der Waals surface area contributed by atoms with Gasteiger partial charge in [0.1, 0.15) is 0 Å². The van der Waals surface area contributed by atoms with Gasteiger partial charge < -0.3 is 5.73 Å². The molecule has 0 saturated carbocycles. The zero-order valence-electron chi connectivity index (χ0n) is 12.1. The van der Waals surface area contributed by atoms with Gasteiger partial charge in [-0.3, -0.25) is 0 Å². The Labute approximate surface area is 142 Å². The lowest BCUT2D eigenvalue weighted by molar-refractivity contribution is 0.579. The van der Waals surface area contributed by atoms with Crippen LogP contribution in [0, 0.1) is 0 Å². The third kappa shape index (κ3) is 3.46. The van der Waals surface area contributed by atoms with E-state index in [0.717, 1.165) is 14.1 Å². The molecule has 0 aliphatic rings. The SMILES string of the molecule is Nc1nn(S(=O)(=O)Cc2ccc(Br)cc2)cc1-c1ccccc1. The van der Waals surface area contributed by atoms with Crippen molar-refractivity contribution < 1.29 is 8.42 Å². The largest absolute Gasteiger partial charge is 0.382 e. The van der Waals surface area contributed by atoms with Crippen LogP contribution in [0.1, 0.15) is 5.56 Å². The van der Waals surface area contributed by atoms with Crippen LogP contribution in [-0.4, -0.2) is 17.6 Å². The first-order chi connectivity index (χ1) is 11.0. The second kappa shape index (κ2) is 6.17. The lowest BCUT2D eigenvalue weighted by Crippen LogP contribution is -2.15. The van der Waals surface area contributed by atoms with Gasteiger partial charge in [-0.05, 0) is 23.3 Å². The van der Waals surface area contributed by atoms with Crippen molar-refractivity contribution in [2.24, 2.45) is 0 Å². The Morgan fingerprint density at radius 1 is 1.04 bits per heavy atom. The Morgan fingerprint density at radius 3 is 2.35 bits per heavy atom.